The topological polar surface area (TPSA) is 41.5 Å². The summed E-state index contributed by atoms with van der Waals surface area (Å²) in [5, 5.41) is 12.6. The predicted octanol–water partition coefficient (Wildman–Crippen LogP) is 1.94. The molecule has 0 spiro atoms. The van der Waals surface area contributed by atoms with E-state index in [4.69, 9.17) is 9.84 Å². The summed E-state index contributed by atoms with van der Waals surface area (Å²) in [6.07, 6.45) is 7.66. The molecule has 0 saturated heterocycles. The Kier molecular flexibility index (Phi) is 7.01. The fourth-order valence-electron chi connectivity index (χ4n) is 2.71. The van der Waals surface area contributed by atoms with E-state index >= 15 is 0 Å². The molecule has 0 aromatic carbocycles. The second kappa shape index (κ2) is 8.04. The second-order valence-corrected chi connectivity index (χ2v) is 5.02. The lowest BCUT2D eigenvalue weighted by molar-refractivity contribution is 0.133. The molecule has 1 aliphatic carbocycles. The summed E-state index contributed by atoms with van der Waals surface area (Å²) in [5.41, 5.74) is 0. The molecule has 16 heavy (non-hydrogen) atoms. The molecule has 1 rings (SSSR count). The first-order valence-electron chi connectivity index (χ1n) is 6.63. The number of ether oxygens (including phenoxy) is 1. The van der Waals surface area contributed by atoms with Gasteiger partial charge < -0.3 is 15.2 Å². The van der Waals surface area contributed by atoms with Crippen molar-refractivity contribution >= 4 is 0 Å². The smallest absolute Gasteiger partial charge is 0.0616 e. The Morgan fingerprint density at radius 3 is 2.56 bits per heavy atom. The Morgan fingerprint density at radius 1 is 1.31 bits per heavy atom. The summed E-state index contributed by atoms with van der Waals surface area (Å²) in [5.74, 6) is 0.812. The monoisotopic (exact) mass is 229 g/mol. The van der Waals surface area contributed by atoms with Gasteiger partial charge in [-0.15, -0.1) is 0 Å². The highest BCUT2D eigenvalue weighted by atomic mass is 16.5. The lowest BCUT2D eigenvalue weighted by Gasteiger charge is -2.31. The van der Waals surface area contributed by atoms with Gasteiger partial charge in [-0.1, -0.05) is 19.3 Å². The number of hydrogen-bond donors (Lipinski definition) is 2. The third-order valence-electron chi connectivity index (χ3n) is 3.70. The Balaban J connectivity index is 2.30. The van der Waals surface area contributed by atoms with Crippen molar-refractivity contribution in [3.63, 3.8) is 0 Å². The third-order valence-corrected chi connectivity index (χ3v) is 3.70. The minimum Gasteiger partial charge on any atom is -0.396 e. The maximum atomic E-state index is 8.99. The minimum atomic E-state index is 0.235. The van der Waals surface area contributed by atoms with Gasteiger partial charge in [0, 0.05) is 25.8 Å². The summed E-state index contributed by atoms with van der Waals surface area (Å²) in [6, 6.07) is 0.846. The first-order valence-corrected chi connectivity index (χ1v) is 6.63. The molecule has 2 atom stereocenters. The number of nitrogens with one attached hydrogen (secondary N) is 1. The molecule has 0 amide bonds. The average Bonchev–Trinajstić information content (AvgIpc) is 2.31. The van der Waals surface area contributed by atoms with Gasteiger partial charge in [0.05, 0.1) is 6.61 Å². The molecule has 0 aromatic heterocycles. The molecule has 0 bridgehead atoms. The van der Waals surface area contributed by atoms with Crippen LogP contribution in [0.25, 0.3) is 0 Å². The first-order chi connectivity index (χ1) is 7.77. The van der Waals surface area contributed by atoms with E-state index in [1.807, 2.05) is 0 Å². The van der Waals surface area contributed by atoms with Crippen molar-refractivity contribution in [1.29, 1.82) is 0 Å². The molecule has 0 radical (unpaired) electrons. The zero-order chi connectivity index (χ0) is 11.8. The zero-order valence-corrected chi connectivity index (χ0v) is 10.7. The molecule has 2 N–H and O–H groups in total. The van der Waals surface area contributed by atoms with E-state index in [1.54, 1.807) is 7.11 Å². The van der Waals surface area contributed by atoms with Crippen LogP contribution >= 0.6 is 0 Å². The average molecular weight is 229 g/mol. The largest absolute Gasteiger partial charge is 0.396 e. The maximum Gasteiger partial charge on any atom is 0.0616 e. The van der Waals surface area contributed by atoms with Crippen molar-refractivity contribution in [3.05, 3.63) is 0 Å². The molecular weight excluding hydrogens is 202 g/mol. The lowest BCUT2D eigenvalue weighted by atomic mass is 9.84. The number of aliphatic hydroxyl groups excluding tert-OH is 1. The predicted molar refractivity (Wildman–Crippen MR) is 66.5 cm³/mol. The highest BCUT2D eigenvalue weighted by molar-refractivity contribution is 4.79. The van der Waals surface area contributed by atoms with Crippen LogP contribution in [0.4, 0.5) is 0 Å². The fourth-order valence-corrected chi connectivity index (χ4v) is 2.71. The third kappa shape index (κ3) is 4.81. The van der Waals surface area contributed by atoms with Crippen molar-refractivity contribution in [2.75, 3.05) is 20.3 Å². The van der Waals surface area contributed by atoms with E-state index in [-0.39, 0.29) is 6.61 Å². The van der Waals surface area contributed by atoms with Crippen LogP contribution in [0.15, 0.2) is 0 Å². The van der Waals surface area contributed by atoms with Crippen molar-refractivity contribution in [2.24, 2.45) is 5.92 Å². The molecule has 1 aliphatic rings. The summed E-state index contributed by atoms with van der Waals surface area (Å²) < 4.78 is 5.17. The Morgan fingerprint density at radius 2 is 2.00 bits per heavy atom. The number of methoxy groups -OCH3 is 1. The SMILES string of the molecule is COCC(CCO)NC(C)C1CCCCC1. The van der Waals surface area contributed by atoms with Crippen LogP contribution in [-0.2, 0) is 4.74 Å². The van der Waals surface area contributed by atoms with Crippen molar-refractivity contribution in [2.45, 2.75) is 57.5 Å². The summed E-state index contributed by atoms with van der Waals surface area (Å²) in [4.78, 5) is 0. The van der Waals surface area contributed by atoms with Crippen LogP contribution < -0.4 is 5.32 Å². The van der Waals surface area contributed by atoms with E-state index < -0.39 is 0 Å². The first kappa shape index (κ1) is 13.9. The van der Waals surface area contributed by atoms with Gasteiger partial charge in [-0.3, -0.25) is 0 Å². The van der Waals surface area contributed by atoms with E-state index in [2.05, 4.69) is 12.2 Å². The van der Waals surface area contributed by atoms with Crippen LogP contribution in [0.3, 0.4) is 0 Å². The summed E-state index contributed by atoms with van der Waals surface area (Å²) in [7, 11) is 1.72. The second-order valence-electron chi connectivity index (χ2n) is 5.02. The molecule has 0 heterocycles. The lowest BCUT2D eigenvalue weighted by Crippen LogP contribution is -2.44. The maximum absolute atomic E-state index is 8.99. The van der Waals surface area contributed by atoms with E-state index in [9.17, 15) is 0 Å². The molecule has 2 unspecified atom stereocenters. The molecule has 3 nitrogen and oxygen atoms in total. The Labute approximate surface area is 99.6 Å². The van der Waals surface area contributed by atoms with Gasteiger partial charge in [0.2, 0.25) is 0 Å². The quantitative estimate of drug-likeness (QED) is 0.701. The van der Waals surface area contributed by atoms with Crippen LogP contribution in [-0.4, -0.2) is 37.5 Å². The van der Waals surface area contributed by atoms with E-state index in [0.717, 1.165) is 12.3 Å². The van der Waals surface area contributed by atoms with E-state index in [1.165, 1.54) is 32.1 Å². The molecule has 0 aromatic rings. The van der Waals surface area contributed by atoms with Crippen LogP contribution in [0.1, 0.15) is 45.4 Å². The number of aliphatic hydroxyl groups is 1. The van der Waals surface area contributed by atoms with Gasteiger partial charge >= 0.3 is 0 Å². The molecule has 96 valence electrons. The van der Waals surface area contributed by atoms with Crippen LogP contribution in [0.2, 0.25) is 0 Å². The highest BCUT2D eigenvalue weighted by Gasteiger charge is 2.22. The molecule has 1 saturated carbocycles. The van der Waals surface area contributed by atoms with Gasteiger partial charge in [-0.05, 0) is 32.1 Å². The van der Waals surface area contributed by atoms with Crippen molar-refractivity contribution < 1.29 is 9.84 Å². The van der Waals surface area contributed by atoms with Gasteiger partial charge in [0.1, 0.15) is 0 Å². The van der Waals surface area contributed by atoms with Gasteiger partial charge in [0.25, 0.3) is 0 Å². The summed E-state index contributed by atoms with van der Waals surface area (Å²) in [6.45, 7) is 3.20. The van der Waals surface area contributed by atoms with Gasteiger partial charge in [-0.2, -0.15) is 0 Å². The van der Waals surface area contributed by atoms with Crippen molar-refractivity contribution in [3.8, 4) is 0 Å². The standard InChI is InChI=1S/C13H27NO2/c1-11(12-6-4-3-5-7-12)14-13(8-9-15)10-16-2/h11-15H,3-10H2,1-2H3. The number of hydrogen-bond acceptors (Lipinski definition) is 3. The molecule has 1 fully saturated rings. The van der Waals surface area contributed by atoms with Gasteiger partial charge in [-0.25, -0.2) is 0 Å². The Hall–Kier alpha value is -0.120. The zero-order valence-electron chi connectivity index (χ0n) is 10.7. The van der Waals surface area contributed by atoms with Crippen LogP contribution in [0, 0.1) is 5.92 Å². The van der Waals surface area contributed by atoms with Crippen LogP contribution in [0.5, 0.6) is 0 Å². The molecule has 0 aliphatic heterocycles. The number of rotatable bonds is 7. The summed E-state index contributed by atoms with van der Waals surface area (Å²) >= 11 is 0. The van der Waals surface area contributed by atoms with E-state index in [0.29, 0.717) is 18.7 Å². The fraction of sp³-hybridized carbons (Fsp3) is 1.00. The normalized spacial score (nSPS) is 21.9. The Bertz CT molecular complexity index is 163. The van der Waals surface area contributed by atoms with Gasteiger partial charge in [0.15, 0.2) is 0 Å². The molecular formula is C13H27NO2. The molecule has 3 heteroatoms. The minimum absolute atomic E-state index is 0.235. The van der Waals surface area contributed by atoms with Crippen molar-refractivity contribution in [1.82, 2.24) is 5.32 Å². The highest BCUT2D eigenvalue weighted by Crippen LogP contribution is 2.26.